The molecule has 8 nitrogen and oxygen atoms in total. The van der Waals surface area contributed by atoms with Gasteiger partial charge in [-0.2, -0.15) is 10.2 Å². The lowest BCUT2D eigenvalue weighted by Crippen LogP contribution is -2.20. The van der Waals surface area contributed by atoms with Crippen molar-refractivity contribution in [2.24, 2.45) is 0 Å². The van der Waals surface area contributed by atoms with Gasteiger partial charge >= 0.3 is 0 Å². The van der Waals surface area contributed by atoms with E-state index in [0.717, 1.165) is 5.56 Å². The van der Waals surface area contributed by atoms with Crippen molar-refractivity contribution in [3.63, 3.8) is 0 Å². The Labute approximate surface area is 195 Å². The summed E-state index contributed by atoms with van der Waals surface area (Å²) in [7, 11) is 1.54. The molecule has 0 spiro atoms. The summed E-state index contributed by atoms with van der Waals surface area (Å²) in [6.45, 7) is 1.94. The SMILES string of the molecule is COc1ccc(NC(=O)C(C#N)=Cc2c(Oc3ccc(C)cc3)nc3ccccn3c2=O)cc1. The number of hydrogen-bond acceptors (Lipinski definition) is 6. The second-order valence-corrected chi connectivity index (χ2v) is 7.33. The topological polar surface area (TPSA) is 106 Å². The fourth-order valence-corrected chi connectivity index (χ4v) is 3.17. The van der Waals surface area contributed by atoms with Crippen molar-refractivity contribution in [2.75, 3.05) is 12.4 Å². The number of anilines is 1. The van der Waals surface area contributed by atoms with E-state index in [4.69, 9.17) is 9.47 Å². The largest absolute Gasteiger partial charge is 0.497 e. The maximum absolute atomic E-state index is 13.2. The number of carbonyl (C=O) groups is 1. The Balaban J connectivity index is 1.76. The number of pyridine rings is 1. The van der Waals surface area contributed by atoms with Crippen LogP contribution in [0, 0.1) is 18.3 Å². The summed E-state index contributed by atoms with van der Waals surface area (Å²) in [5.74, 6) is 0.410. The minimum Gasteiger partial charge on any atom is -0.497 e. The predicted octanol–water partition coefficient (Wildman–Crippen LogP) is 4.35. The molecule has 1 amide bonds. The molecule has 0 fully saturated rings. The van der Waals surface area contributed by atoms with Crippen LogP contribution in [0.5, 0.6) is 17.4 Å². The van der Waals surface area contributed by atoms with Crippen molar-refractivity contribution in [3.05, 3.63) is 100.0 Å². The van der Waals surface area contributed by atoms with Crippen LogP contribution in [-0.2, 0) is 4.79 Å². The quantitative estimate of drug-likeness (QED) is 0.344. The van der Waals surface area contributed by atoms with E-state index in [1.54, 1.807) is 60.8 Å². The molecular formula is C26H20N4O4. The van der Waals surface area contributed by atoms with Gasteiger partial charge in [-0.05, 0) is 61.5 Å². The molecule has 2 aromatic heterocycles. The van der Waals surface area contributed by atoms with E-state index in [2.05, 4.69) is 10.3 Å². The minimum absolute atomic E-state index is 0.00921. The molecule has 0 unspecified atom stereocenters. The zero-order valence-corrected chi connectivity index (χ0v) is 18.5. The van der Waals surface area contributed by atoms with E-state index in [-0.39, 0.29) is 17.0 Å². The van der Waals surface area contributed by atoms with Crippen LogP contribution in [0.15, 0.2) is 83.3 Å². The Morgan fingerprint density at radius 3 is 2.44 bits per heavy atom. The van der Waals surface area contributed by atoms with Crippen LogP contribution >= 0.6 is 0 Å². The van der Waals surface area contributed by atoms with Gasteiger partial charge < -0.3 is 14.8 Å². The van der Waals surface area contributed by atoms with Crippen LogP contribution in [0.1, 0.15) is 11.1 Å². The summed E-state index contributed by atoms with van der Waals surface area (Å²) in [5, 5.41) is 12.3. The number of amides is 1. The molecule has 4 aromatic rings. The molecule has 1 N–H and O–H groups in total. The first-order valence-corrected chi connectivity index (χ1v) is 10.3. The van der Waals surface area contributed by atoms with Gasteiger partial charge in [0.2, 0.25) is 5.88 Å². The third-order valence-corrected chi connectivity index (χ3v) is 4.97. The molecule has 4 rings (SSSR count). The Kier molecular flexibility index (Phi) is 6.37. The number of methoxy groups -OCH3 is 1. The molecule has 0 aliphatic rings. The van der Waals surface area contributed by atoms with Gasteiger partial charge in [0.1, 0.15) is 34.4 Å². The lowest BCUT2D eigenvalue weighted by Gasteiger charge is -2.11. The van der Waals surface area contributed by atoms with Gasteiger partial charge in [-0.25, -0.2) is 0 Å². The average molecular weight is 452 g/mol. The van der Waals surface area contributed by atoms with Crippen LogP contribution in [0.3, 0.4) is 0 Å². The highest BCUT2D eigenvalue weighted by atomic mass is 16.5. The van der Waals surface area contributed by atoms with Crippen molar-refractivity contribution >= 4 is 23.3 Å². The molecule has 0 aliphatic carbocycles. The number of aryl methyl sites for hydroxylation is 1. The normalized spacial score (nSPS) is 11.0. The number of aromatic nitrogens is 2. The predicted molar refractivity (Wildman–Crippen MR) is 128 cm³/mol. The van der Waals surface area contributed by atoms with Gasteiger partial charge in [0, 0.05) is 11.9 Å². The number of ether oxygens (including phenoxy) is 2. The first-order chi connectivity index (χ1) is 16.5. The van der Waals surface area contributed by atoms with Gasteiger partial charge in [-0.15, -0.1) is 0 Å². The molecule has 2 heterocycles. The minimum atomic E-state index is -0.675. The van der Waals surface area contributed by atoms with Gasteiger partial charge in [0.25, 0.3) is 11.5 Å². The molecule has 0 radical (unpaired) electrons. The van der Waals surface area contributed by atoms with Gasteiger partial charge in [0.05, 0.1) is 7.11 Å². The van der Waals surface area contributed by atoms with Gasteiger partial charge in [-0.3, -0.25) is 14.0 Å². The zero-order chi connectivity index (χ0) is 24.1. The number of carbonyl (C=O) groups excluding carboxylic acids is 1. The highest BCUT2D eigenvalue weighted by Gasteiger charge is 2.17. The molecule has 168 valence electrons. The number of nitriles is 1. The van der Waals surface area contributed by atoms with Crippen LogP contribution in [0.2, 0.25) is 0 Å². The molecule has 2 aromatic carbocycles. The second kappa shape index (κ2) is 9.71. The standard InChI is InChI=1S/C26H20N4O4/c1-17-6-10-21(11-7-17)34-25-22(26(32)30-14-4-3-5-23(30)29-25)15-18(16-27)24(31)28-19-8-12-20(33-2)13-9-19/h3-15H,1-2H3,(H,28,31). The summed E-state index contributed by atoms with van der Waals surface area (Å²) in [6, 6.07) is 20.8. The summed E-state index contributed by atoms with van der Waals surface area (Å²) in [6.07, 6.45) is 2.75. The average Bonchev–Trinajstić information content (AvgIpc) is 2.86. The summed E-state index contributed by atoms with van der Waals surface area (Å²) in [4.78, 5) is 30.5. The Bertz CT molecular complexity index is 1480. The maximum Gasteiger partial charge on any atom is 0.269 e. The lowest BCUT2D eigenvalue weighted by atomic mass is 10.1. The van der Waals surface area contributed by atoms with Crippen molar-refractivity contribution < 1.29 is 14.3 Å². The molecule has 34 heavy (non-hydrogen) atoms. The Morgan fingerprint density at radius 1 is 1.06 bits per heavy atom. The monoisotopic (exact) mass is 452 g/mol. The fraction of sp³-hybridized carbons (Fsp3) is 0.0769. The maximum atomic E-state index is 13.2. The van der Waals surface area contributed by atoms with Crippen molar-refractivity contribution in [3.8, 4) is 23.4 Å². The Morgan fingerprint density at radius 2 is 1.76 bits per heavy atom. The van der Waals surface area contributed by atoms with E-state index in [1.165, 1.54) is 17.6 Å². The third-order valence-electron chi connectivity index (χ3n) is 4.97. The van der Waals surface area contributed by atoms with E-state index in [0.29, 0.717) is 22.8 Å². The van der Waals surface area contributed by atoms with Crippen LogP contribution in [0.25, 0.3) is 11.7 Å². The number of hydrogen-bond donors (Lipinski definition) is 1. The molecule has 0 saturated heterocycles. The van der Waals surface area contributed by atoms with Crippen molar-refractivity contribution in [2.45, 2.75) is 6.92 Å². The Hall–Kier alpha value is -4.90. The molecule has 0 atom stereocenters. The summed E-state index contributed by atoms with van der Waals surface area (Å²) >= 11 is 0. The first-order valence-electron chi connectivity index (χ1n) is 10.3. The van der Waals surface area contributed by atoms with E-state index >= 15 is 0 Å². The summed E-state index contributed by atoms with van der Waals surface area (Å²) in [5.41, 5.74) is 1.10. The number of nitrogens with one attached hydrogen (secondary N) is 1. The van der Waals surface area contributed by atoms with Crippen LogP contribution < -0.4 is 20.3 Å². The van der Waals surface area contributed by atoms with E-state index in [1.807, 2.05) is 25.1 Å². The highest BCUT2D eigenvalue weighted by molar-refractivity contribution is 6.09. The lowest BCUT2D eigenvalue weighted by molar-refractivity contribution is -0.112. The smallest absolute Gasteiger partial charge is 0.269 e. The van der Waals surface area contributed by atoms with Gasteiger partial charge in [0.15, 0.2) is 0 Å². The number of benzene rings is 2. The van der Waals surface area contributed by atoms with Gasteiger partial charge in [-0.1, -0.05) is 23.8 Å². The van der Waals surface area contributed by atoms with E-state index < -0.39 is 11.5 Å². The van der Waals surface area contributed by atoms with Crippen molar-refractivity contribution in [1.82, 2.24) is 9.38 Å². The molecular weight excluding hydrogens is 432 g/mol. The van der Waals surface area contributed by atoms with Crippen LogP contribution in [0.4, 0.5) is 5.69 Å². The number of nitrogens with zero attached hydrogens (tertiary/aromatic N) is 3. The third kappa shape index (κ3) is 4.79. The molecule has 0 saturated carbocycles. The molecule has 0 bridgehead atoms. The second-order valence-electron chi connectivity index (χ2n) is 7.33. The molecule has 8 heteroatoms. The van der Waals surface area contributed by atoms with Crippen molar-refractivity contribution in [1.29, 1.82) is 5.26 Å². The number of fused-ring (bicyclic) bond motifs is 1. The van der Waals surface area contributed by atoms with E-state index in [9.17, 15) is 14.9 Å². The first kappa shape index (κ1) is 22.3. The molecule has 0 aliphatic heterocycles. The fourth-order valence-electron chi connectivity index (χ4n) is 3.17. The number of rotatable bonds is 6. The van der Waals surface area contributed by atoms with Crippen LogP contribution in [-0.4, -0.2) is 22.4 Å². The summed E-state index contributed by atoms with van der Waals surface area (Å²) < 4.78 is 12.3. The highest BCUT2D eigenvalue weighted by Crippen LogP contribution is 2.24. The zero-order valence-electron chi connectivity index (χ0n) is 18.5.